The second-order valence-corrected chi connectivity index (χ2v) is 3.33. The molecule has 0 saturated heterocycles. The number of halogens is 3. The van der Waals surface area contributed by atoms with E-state index in [2.05, 4.69) is 6.58 Å². The van der Waals surface area contributed by atoms with E-state index in [4.69, 9.17) is 0 Å². The van der Waals surface area contributed by atoms with Crippen LogP contribution in [0.2, 0.25) is 0 Å². The van der Waals surface area contributed by atoms with Crippen molar-refractivity contribution < 1.29 is 13.2 Å². The quantitative estimate of drug-likeness (QED) is 0.667. The number of aryl methyl sites for hydroxylation is 1. The van der Waals surface area contributed by atoms with Gasteiger partial charge in [-0.1, -0.05) is 19.1 Å². The number of hydrogen-bond donors (Lipinski definition) is 0. The lowest BCUT2D eigenvalue weighted by Gasteiger charge is -2.11. The smallest absolute Gasteiger partial charge is 0.166 e. The Morgan fingerprint density at radius 1 is 1.27 bits per heavy atom. The van der Waals surface area contributed by atoms with Crippen molar-refractivity contribution in [2.24, 2.45) is 0 Å². The molecule has 0 nitrogen and oxygen atoms in total. The molecule has 0 spiro atoms. The Morgan fingerprint density at radius 3 is 2.40 bits per heavy atom. The second-order valence-electron chi connectivity index (χ2n) is 3.33. The highest BCUT2D eigenvalue weighted by molar-refractivity contribution is 5.34. The van der Waals surface area contributed by atoms with E-state index < -0.39 is 11.7 Å². The molecule has 0 aliphatic carbocycles. The van der Waals surface area contributed by atoms with Crippen LogP contribution < -0.4 is 0 Å². The minimum atomic E-state index is -4.25. The lowest BCUT2D eigenvalue weighted by Crippen LogP contribution is -2.06. The van der Waals surface area contributed by atoms with E-state index in [0.29, 0.717) is 12.8 Å². The molecule has 1 rings (SSSR count). The van der Waals surface area contributed by atoms with Crippen LogP contribution in [0.15, 0.2) is 30.9 Å². The highest BCUT2D eigenvalue weighted by Crippen LogP contribution is 2.30. The number of allylic oxidation sites excluding steroid dienone is 1. The van der Waals surface area contributed by atoms with Crippen LogP contribution >= 0.6 is 0 Å². The molecular weight excluding hydrogens is 201 g/mol. The third kappa shape index (κ3) is 2.85. The molecule has 15 heavy (non-hydrogen) atoms. The highest BCUT2D eigenvalue weighted by Gasteiger charge is 2.30. The first-order valence-corrected chi connectivity index (χ1v) is 4.79. The number of hydrogen-bond acceptors (Lipinski definition) is 0. The molecule has 3 heteroatoms. The van der Waals surface area contributed by atoms with Crippen molar-refractivity contribution >= 4 is 0 Å². The normalized spacial score (nSPS) is 11.5. The SMILES string of the molecule is C=CCc1ccc(C(F)(F)F)cc1CC. The topological polar surface area (TPSA) is 0 Å². The van der Waals surface area contributed by atoms with Crippen LogP contribution in [0.5, 0.6) is 0 Å². The van der Waals surface area contributed by atoms with E-state index in [9.17, 15) is 13.2 Å². The summed E-state index contributed by atoms with van der Waals surface area (Å²) in [5.74, 6) is 0. The summed E-state index contributed by atoms with van der Waals surface area (Å²) in [6, 6.07) is 3.88. The van der Waals surface area contributed by atoms with E-state index >= 15 is 0 Å². The molecule has 0 bridgehead atoms. The van der Waals surface area contributed by atoms with Gasteiger partial charge in [-0.25, -0.2) is 0 Å². The van der Waals surface area contributed by atoms with Crippen molar-refractivity contribution in [1.82, 2.24) is 0 Å². The molecule has 0 aliphatic rings. The van der Waals surface area contributed by atoms with Crippen LogP contribution in [0, 0.1) is 0 Å². The molecule has 0 heterocycles. The fraction of sp³-hybridized carbons (Fsp3) is 0.333. The zero-order chi connectivity index (χ0) is 11.5. The molecule has 1 aromatic rings. The molecule has 0 N–H and O–H groups in total. The number of benzene rings is 1. The fourth-order valence-electron chi connectivity index (χ4n) is 1.49. The first kappa shape index (κ1) is 11.8. The van der Waals surface area contributed by atoms with Crippen LogP contribution in [0.1, 0.15) is 23.6 Å². The van der Waals surface area contributed by atoms with Gasteiger partial charge in [-0.05, 0) is 36.1 Å². The summed E-state index contributed by atoms with van der Waals surface area (Å²) < 4.78 is 37.2. The summed E-state index contributed by atoms with van der Waals surface area (Å²) >= 11 is 0. The Hall–Kier alpha value is -1.25. The molecule has 0 saturated carbocycles. The van der Waals surface area contributed by atoms with Crippen molar-refractivity contribution in [2.45, 2.75) is 25.9 Å². The summed E-state index contributed by atoms with van der Waals surface area (Å²) in [5.41, 5.74) is 1.08. The van der Waals surface area contributed by atoms with Gasteiger partial charge in [-0.15, -0.1) is 6.58 Å². The number of rotatable bonds is 3. The average Bonchev–Trinajstić information content (AvgIpc) is 2.17. The van der Waals surface area contributed by atoms with Gasteiger partial charge in [-0.2, -0.15) is 13.2 Å². The zero-order valence-corrected chi connectivity index (χ0v) is 8.56. The van der Waals surface area contributed by atoms with E-state index in [0.717, 1.165) is 17.2 Å². The zero-order valence-electron chi connectivity index (χ0n) is 8.56. The molecule has 82 valence electrons. The van der Waals surface area contributed by atoms with Crippen LogP contribution in [-0.2, 0) is 19.0 Å². The van der Waals surface area contributed by atoms with Crippen LogP contribution in [0.25, 0.3) is 0 Å². The molecule has 0 fully saturated rings. The lowest BCUT2D eigenvalue weighted by atomic mass is 9.99. The van der Waals surface area contributed by atoms with Gasteiger partial charge in [0.2, 0.25) is 0 Å². The van der Waals surface area contributed by atoms with Gasteiger partial charge < -0.3 is 0 Å². The fourth-order valence-corrected chi connectivity index (χ4v) is 1.49. The predicted octanol–water partition coefficient (Wildman–Crippen LogP) is 4.00. The Morgan fingerprint density at radius 2 is 1.93 bits per heavy atom. The van der Waals surface area contributed by atoms with E-state index in [1.165, 1.54) is 12.1 Å². The van der Waals surface area contributed by atoms with Gasteiger partial charge in [0.15, 0.2) is 0 Å². The Labute approximate surface area is 87.4 Å². The summed E-state index contributed by atoms with van der Waals surface area (Å²) in [4.78, 5) is 0. The summed E-state index contributed by atoms with van der Waals surface area (Å²) in [6.45, 7) is 5.43. The highest BCUT2D eigenvalue weighted by atomic mass is 19.4. The van der Waals surface area contributed by atoms with Crippen LogP contribution in [0.3, 0.4) is 0 Å². The molecule has 0 aromatic heterocycles. The molecule has 0 aliphatic heterocycles. The van der Waals surface area contributed by atoms with E-state index in [1.807, 2.05) is 6.92 Å². The largest absolute Gasteiger partial charge is 0.416 e. The van der Waals surface area contributed by atoms with Crippen molar-refractivity contribution in [1.29, 1.82) is 0 Å². The van der Waals surface area contributed by atoms with E-state index in [-0.39, 0.29) is 0 Å². The first-order chi connectivity index (χ1) is 6.99. The van der Waals surface area contributed by atoms with Gasteiger partial charge in [0.05, 0.1) is 5.56 Å². The third-order valence-corrected chi connectivity index (χ3v) is 2.28. The Balaban J connectivity index is 3.13. The van der Waals surface area contributed by atoms with Gasteiger partial charge in [0, 0.05) is 0 Å². The standard InChI is InChI=1S/C12H13F3/c1-3-5-10-6-7-11(12(13,14)15)8-9(10)4-2/h3,6-8H,1,4-5H2,2H3. The first-order valence-electron chi connectivity index (χ1n) is 4.79. The Kier molecular flexibility index (Phi) is 3.56. The van der Waals surface area contributed by atoms with Crippen molar-refractivity contribution in [3.63, 3.8) is 0 Å². The molecule has 0 atom stereocenters. The lowest BCUT2D eigenvalue weighted by molar-refractivity contribution is -0.137. The Bertz CT molecular complexity index is 350. The maximum absolute atomic E-state index is 12.4. The minimum absolute atomic E-state index is 0.577. The van der Waals surface area contributed by atoms with Crippen LogP contribution in [-0.4, -0.2) is 0 Å². The summed E-state index contributed by atoms with van der Waals surface area (Å²) in [7, 11) is 0. The van der Waals surface area contributed by atoms with Crippen molar-refractivity contribution in [2.75, 3.05) is 0 Å². The van der Waals surface area contributed by atoms with E-state index in [1.54, 1.807) is 6.08 Å². The number of alkyl halides is 3. The van der Waals surface area contributed by atoms with Crippen molar-refractivity contribution in [3.05, 3.63) is 47.5 Å². The van der Waals surface area contributed by atoms with Gasteiger partial charge >= 0.3 is 6.18 Å². The maximum Gasteiger partial charge on any atom is 0.416 e. The van der Waals surface area contributed by atoms with Crippen molar-refractivity contribution in [3.8, 4) is 0 Å². The third-order valence-electron chi connectivity index (χ3n) is 2.28. The average molecular weight is 214 g/mol. The summed E-state index contributed by atoms with van der Waals surface area (Å²) in [5, 5.41) is 0. The van der Waals surface area contributed by atoms with Gasteiger partial charge in [0.25, 0.3) is 0 Å². The van der Waals surface area contributed by atoms with Gasteiger partial charge in [-0.3, -0.25) is 0 Å². The monoisotopic (exact) mass is 214 g/mol. The second kappa shape index (κ2) is 4.51. The van der Waals surface area contributed by atoms with Crippen LogP contribution in [0.4, 0.5) is 13.2 Å². The molecular formula is C12H13F3. The predicted molar refractivity (Wildman–Crippen MR) is 54.7 cm³/mol. The molecule has 0 unspecified atom stereocenters. The van der Waals surface area contributed by atoms with Gasteiger partial charge in [0.1, 0.15) is 0 Å². The molecule has 1 aromatic carbocycles. The summed E-state index contributed by atoms with van der Waals surface area (Å²) in [6.07, 6.45) is -1.34. The minimum Gasteiger partial charge on any atom is -0.166 e. The maximum atomic E-state index is 12.4. The molecule has 0 radical (unpaired) electrons. The molecule has 0 amide bonds.